The first-order valence-corrected chi connectivity index (χ1v) is 7.04. The van der Waals surface area contributed by atoms with Gasteiger partial charge in [0.25, 0.3) is 0 Å². The summed E-state index contributed by atoms with van der Waals surface area (Å²) in [4.78, 5) is 35.4. The van der Waals surface area contributed by atoms with Crippen molar-refractivity contribution in [2.45, 2.75) is 26.7 Å². The van der Waals surface area contributed by atoms with Crippen molar-refractivity contribution in [2.75, 3.05) is 26.2 Å². The monoisotopic (exact) mass is 300 g/mol. The molecule has 1 rings (SSSR count). The number of carbonyl (C=O) groups excluding carboxylic acids is 2. The number of carboxylic acids is 1. The fraction of sp³-hybridized carbons (Fsp3) is 0.769. The maximum Gasteiger partial charge on any atom is 0.317 e. The van der Waals surface area contributed by atoms with Crippen molar-refractivity contribution in [2.24, 2.45) is 17.1 Å². The van der Waals surface area contributed by atoms with Gasteiger partial charge in [0, 0.05) is 26.2 Å². The van der Waals surface area contributed by atoms with Crippen LogP contribution in [0.4, 0.5) is 9.59 Å². The Hall–Kier alpha value is -1.99. The summed E-state index contributed by atoms with van der Waals surface area (Å²) in [5.41, 5.74) is 4.06. The van der Waals surface area contributed by atoms with Crippen LogP contribution in [-0.2, 0) is 4.79 Å². The maximum absolute atomic E-state index is 12.0. The lowest BCUT2D eigenvalue weighted by Crippen LogP contribution is -2.50. The van der Waals surface area contributed by atoms with E-state index in [2.05, 4.69) is 10.6 Å². The van der Waals surface area contributed by atoms with Crippen LogP contribution in [0.1, 0.15) is 26.7 Å². The largest absolute Gasteiger partial charge is 0.481 e. The first-order chi connectivity index (χ1) is 9.75. The standard InChI is InChI=1S/C13H24N4O4/c1-13(2,10(18)19)9-4-3-7-17(8-9)12(21)16-6-5-15-11(14)20/h9H,3-8H2,1-2H3,(H,16,21)(H,18,19)(H3,14,15,20). The number of nitrogens with two attached hydrogens (primary N) is 1. The topological polar surface area (TPSA) is 125 Å². The number of aliphatic carboxylic acids is 1. The van der Waals surface area contributed by atoms with Gasteiger partial charge in [0.2, 0.25) is 0 Å². The van der Waals surface area contributed by atoms with Gasteiger partial charge in [-0.2, -0.15) is 0 Å². The van der Waals surface area contributed by atoms with E-state index in [9.17, 15) is 19.5 Å². The van der Waals surface area contributed by atoms with Crippen LogP contribution < -0.4 is 16.4 Å². The number of primary amides is 1. The molecule has 1 heterocycles. The number of hydrogen-bond acceptors (Lipinski definition) is 3. The van der Waals surface area contributed by atoms with Gasteiger partial charge < -0.3 is 26.4 Å². The molecular formula is C13H24N4O4. The lowest BCUT2D eigenvalue weighted by Gasteiger charge is -2.39. The number of carbonyl (C=O) groups is 3. The summed E-state index contributed by atoms with van der Waals surface area (Å²) in [7, 11) is 0. The molecule has 4 amide bonds. The Morgan fingerprint density at radius 3 is 2.48 bits per heavy atom. The van der Waals surface area contributed by atoms with E-state index < -0.39 is 17.4 Å². The summed E-state index contributed by atoms with van der Waals surface area (Å²) in [6.07, 6.45) is 1.58. The Morgan fingerprint density at radius 1 is 1.29 bits per heavy atom. The molecule has 0 bridgehead atoms. The molecular weight excluding hydrogens is 276 g/mol. The van der Waals surface area contributed by atoms with Crippen molar-refractivity contribution in [1.29, 1.82) is 0 Å². The Morgan fingerprint density at radius 2 is 1.90 bits per heavy atom. The van der Waals surface area contributed by atoms with E-state index in [4.69, 9.17) is 5.73 Å². The molecule has 1 atom stereocenters. The number of nitrogens with one attached hydrogen (secondary N) is 2. The van der Waals surface area contributed by atoms with Gasteiger partial charge in [0.05, 0.1) is 5.41 Å². The highest BCUT2D eigenvalue weighted by Crippen LogP contribution is 2.34. The molecule has 0 radical (unpaired) electrons. The van der Waals surface area contributed by atoms with Crippen molar-refractivity contribution >= 4 is 18.0 Å². The van der Waals surface area contributed by atoms with Gasteiger partial charge in [0.15, 0.2) is 0 Å². The van der Waals surface area contributed by atoms with Gasteiger partial charge in [-0.1, -0.05) is 0 Å². The Kier molecular flexibility index (Phi) is 5.80. The highest BCUT2D eigenvalue weighted by Gasteiger charge is 2.39. The van der Waals surface area contributed by atoms with E-state index >= 15 is 0 Å². The number of urea groups is 2. The maximum atomic E-state index is 12.0. The summed E-state index contributed by atoms with van der Waals surface area (Å²) in [5, 5.41) is 14.3. The number of nitrogens with zero attached hydrogens (tertiary/aromatic N) is 1. The predicted octanol–water partition coefficient (Wildman–Crippen LogP) is 0.187. The Bertz CT molecular complexity index is 411. The Labute approximate surface area is 124 Å². The molecule has 1 fully saturated rings. The first-order valence-electron chi connectivity index (χ1n) is 7.04. The first kappa shape index (κ1) is 17.1. The van der Waals surface area contributed by atoms with Gasteiger partial charge in [-0.05, 0) is 32.6 Å². The molecule has 1 saturated heterocycles. The van der Waals surface area contributed by atoms with Crippen molar-refractivity contribution in [3.8, 4) is 0 Å². The number of hydrogen-bond donors (Lipinski definition) is 4. The molecule has 8 heteroatoms. The lowest BCUT2D eigenvalue weighted by molar-refractivity contribution is -0.151. The van der Waals surface area contributed by atoms with Crippen LogP contribution in [0.25, 0.3) is 0 Å². The summed E-state index contributed by atoms with van der Waals surface area (Å²) in [6.45, 7) is 4.97. The molecule has 1 unspecified atom stereocenters. The van der Waals surface area contributed by atoms with Gasteiger partial charge in [-0.15, -0.1) is 0 Å². The number of rotatable bonds is 5. The number of amides is 4. The molecule has 0 aromatic rings. The second-order valence-corrected chi connectivity index (χ2v) is 5.83. The van der Waals surface area contributed by atoms with Crippen LogP contribution in [0.15, 0.2) is 0 Å². The number of carboxylic acid groups (broad SMARTS) is 1. The van der Waals surface area contributed by atoms with Crippen LogP contribution in [0, 0.1) is 11.3 Å². The smallest absolute Gasteiger partial charge is 0.317 e. The van der Waals surface area contributed by atoms with Crippen LogP contribution in [0.2, 0.25) is 0 Å². The molecule has 0 aromatic heterocycles. The van der Waals surface area contributed by atoms with Gasteiger partial charge >= 0.3 is 18.0 Å². The molecule has 0 aliphatic carbocycles. The van der Waals surface area contributed by atoms with Gasteiger partial charge in [-0.3, -0.25) is 4.79 Å². The minimum Gasteiger partial charge on any atom is -0.481 e. The second-order valence-electron chi connectivity index (χ2n) is 5.83. The minimum atomic E-state index is -0.855. The van der Waals surface area contributed by atoms with E-state index in [1.165, 1.54) is 0 Å². The SMILES string of the molecule is CC(C)(C(=O)O)C1CCCN(C(=O)NCCNC(N)=O)C1. The average Bonchev–Trinajstić information content (AvgIpc) is 2.43. The minimum absolute atomic E-state index is 0.0711. The lowest BCUT2D eigenvalue weighted by atomic mass is 9.74. The summed E-state index contributed by atoms with van der Waals surface area (Å²) < 4.78 is 0. The quantitative estimate of drug-likeness (QED) is 0.541. The van der Waals surface area contributed by atoms with Crippen molar-refractivity contribution < 1.29 is 19.5 Å². The fourth-order valence-electron chi connectivity index (χ4n) is 2.39. The van der Waals surface area contributed by atoms with Gasteiger partial charge in [-0.25, -0.2) is 9.59 Å². The highest BCUT2D eigenvalue weighted by molar-refractivity contribution is 5.76. The third-order valence-corrected chi connectivity index (χ3v) is 3.98. The second kappa shape index (κ2) is 7.14. The molecule has 21 heavy (non-hydrogen) atoms. The van der Waals surface area contributed by atoms with E-state index in [-0.39, 0.29) is 25.0 Å². The van der Waals surface area contributed by atoms with Crippen molar-refractivity contribution in [3.05, 3.63) is 0 Å². The van der Waals surface area contributed by atoms with E-state index in [0.717, 1.165) is 12.8 Å². The molecule has 120 valence electrons. The fourth-order valence-corrected chi connectivity index (χ4v) is 2.39. The molecule has 1 aliphatic rings. The van der Waals surface area contributed by atoms with E-state index in [1.54, 1.807) is 18.7 Å². The third kappa shape index (κ3) is 4.80. The zero-order chi connectivity index (χ0) is 16.0. The highest BCUT2D eigenvalue weighted by atomic mass is 16.4. The van der Waals surface area contributed by atoms with Gasteiger partial charge in [0.1, 0.15) is 0 Å². The summed E-state index contributed by atoms with van der Waals surface area (Å²) >= 11 is 0. The Balaban J connectivity index is 2.46. The van der Waals surface area contributed by atoms with Crippen molar-refractivity contribution in [3.63, 3.8) is 0 Å². The summed E-state index contributed by atoms with van der Waals surface area (Å²) in [6, 6.07) is -0.877. The molecule has 0 saturated carbocycles. The average molecular weight is 300 g/mol. The van der Waals surface area contributed by atoms with E-state index in [0.29, 0.717) is 13.1 Å². The molecule has 5 N–H and O–H groups in total. The van der Waals surface area contributed by atoms with Crippen LogP contribution in [0.5, 0.6) is 0 Å². The molecule has 8 nitrogen and oxygen atoms in total. The predicted molar refractivity (Wildman–Crippen MR) is 76.7 cm³/mol. The summed E-state index contributed by atoms with van der Waals surface area (Å²) in [5.74, 6) is -0.918. The molecule has 0 spiro atoms. The number of likely N-dealkylation sites (tertiary alicyclic amines) is 1. The van der Waals surface area contributed by atoms with Crippen molar-refractivity contribution in [1.82, 2.24) is 15.5 Å². The molecule has 1 aliphatic heterocycles. The normalized spacial score (nSPS) is 19.0. The van der Waals surface area contributed by atoms with Crippen LogP contribution >= 0.6 is 0 Å². The van der Waals surface area contributed by atoms with Crippen LogP contribution in [-0.4, -0.2) is 54.2 Å². The zero-order valence-corrected chi connectivity index (χ0v) is 12.5. The third-order valence-electron chi connectivity index (χ3n) is 3.98. The van der Waals surface area contributed by atoms with Crippen LogP contribution in [0.3, 0.4) is 0 Å². The zero-order valence-electron chi connectivity index (χ0n) is 12.5. The number of piperidine rings is 1. The van der Waals surface area contributed by atoms with E-state index in [1.807, 2.05) is 0 Å². The molecule has 0 aromatic carbocycles.